The molecule has 0 fully saturated rings. The molecular formula is C12H18INO2. The summed E-state index contributed by atoms with van der Waals surface area (Å²) in [6.07, 6.45) is 4.07. The van der Waals surface area contributed by atoms with Crippen LogP contribution in [0.1, 0.15) is 50.1 Å². The van der Waals surface area contributed by atoms with Crippen LogP contribution in [-0.2, 0) is 0 Å². The Kier molecular flexibility index (Phi) is 4.83. The van der Waals surface area contributed by atoms with Gasteiger partial charge in [-0.15, -0.1) is 0 Å². The summed E-state index contributed by atoms with van der Waals surface area (Å²) in [6.45, 7) is 6.40. The average Bonchev–Trinajstić information content (AvgIpc) is 2.62. The minimum absolute atomic E-state index is 0.240. The van der Waals surface area contributed by atoms with Crippen molar-refractivity contribution >= 4 is 28.6 Å². The molecule has 16 heavy (non-hydrogen) atoms. The van der Waals surface area contributed by atoms with Crippen molar-refractivity contribution in [3.8, 4) is 0 Å². The van der Waals surface area contributed by atoms with Gasteiger partial charge in [0.1, 0.15) is 5.69 Å². The van der Waals surface area contributed by atoms with Gasteiger partial charge in [-0.3, -0.25) is 0 Å². The fourth-order valence-corrected chi connectivity index (χ4v) is 2.75. The molecule has 0 aliphatic rings. The fraction of sp³-hybridized carbons (Fsp3) is 0.583. The number of rotatable bonds is 5. The van der Waals surface area contributed by atoms with Crippen molar-refractivity contribution in [3.63, 3.8) is 0 Å². The molecule has 0 aliphatic heterocycles. The minimum Gasteiger partial charge on any atom is -0.477 e. The van der Waals surface area contributed by atoms with Crippen LogP contribution in [0.5, 0.6) is 0 Å². The molecule has 1 aromatic heterocycles. The van der Waals surface area contributed by atoms with Gasteiger partial charge in [-0.05, 0) is 41.5 Å². The molecule has 0 radical (unpaired) electrons. The van der Waals surface area contributed by atoms with Gasteiger partial charge in [0.2, 0.25) is 0 Å². The number of hydrogen-bond donors (Lipinski definition) is 1. The summed E-state index contributed by atoms with van der Waals surface area (Å²) >= 11 is 2.16. The fourth-order valence-electron chi connectivity index (χ4n) is 2.15. The number of aromatic carboxylic acids is 1. The Morgan fingerprint density at radius 2 is 2.06 bits per heavy atom. The average molecular weight is 335 g/mol. The second-order valence-electron chi connectivity index (χ2n) is 4.07. The van der Waals surface area contributed by atoms with E-state index in [4.69, 9.17) is 5.11 Å². The molecule has 1 atom stereocenters. The van der Waals surface area contributed by atoms with Crippen LogP contribution in [0.25, 0.3) is 0 Å². The van der Waals surface area contributed by atoms with E-state index in [0.29, 0.717) is 11.6 Å². The molecule has 1 aromatic rings. The van der Waals surface area contributed by atoms with E-state index in [9.17, 15) is 4.79 Å². The van der Waals surface area contributed by atoms with Gasteiger partial charge in [0.15, 0.2) is 0 Å². The van der Waals surface area contributed by atoms with Gasteiger partial charge in [-0.2, -0.15) is 0 Å². The third-order valence-corrected chi connectivity index (χ3v) is 3.79. The molecule has 0 saturated heterocycles. The van der Waals surface area contributed by atoms with E-state index in [-0.39, 0.29) is 6.04 Å². The topological polar surface area (TPSA) is 42.2 Å². The normalized spacial score (nSPS) is 13.1. The lowest BCUT2D eigenvalue weighted by Crippen LogP contribution is -2.18. The van der Waals surface area contributed by atoms with Crippen LogP contribution in [0.4, 0.5) is 0 Å². The van der Waals surface area contributed by atoms with Crippen LogP contribution in [0.3, 0.4) is 0 Å². The predicted octanol–water partition coefficient (Wildman–Crippen LogP) is 3.79. The highest BCUT2D eigenvalue weighted by Gasteiger charge is 2.20. The first-order valence-corrected chi connectivity index (χ1v) is 6.69. The Balaban J connectivity index is 3.06. The van der Waals surface area contributed by atoms with Crippen molar-refractivity contribution in [1.82, 2.24) is 4.57 Å². The van der Waals surface area contributed by atoms with E-state index in [1.165, 1.54) is 0 Å². The first kappa shape index (κ1) is 13.5. The third kappa shape index (κ3) is 2.78. The lowest BCUT2D eigenvalue weighted by Gasteiger charge is -2.24. The molecule has 1 rings (SSSR count). The second-order valence-corrected chi connectivity index (χ2v) is 5.32. The van der Waals surface area contributed by atoms with Gasteiger partial charge in [-0.25, -0.2) is 4.79 Å². The van der Waals surface area contributed by atoms with Crippen molar-refractivity contribution in [2.24, 2.45) is 5.92 Å². The van der Waals surface area contributed by atoms with Crippen molar-refractivity contribution in [3.05, 3.63) is 21.5 Å². The molecule has 0 spiro atoms. The molecule has 0 aromatic carbocycles. The van der Waals surface area contributed by atoms with Gasteiger partial charge < -0.3 is 9.67 Å². The zero-order chi connectivity index (χ0) is 12.3. The van der Waals surface area contributed by atoms with Gasteiger partial charge in [-0.1, -0.05) is 26.7 Å². The monoisotopic (exact) mass is 335 g/mol. The van der Waals surface area contributed by atoms with E-state index >= 15 is 0 Å². The smallest absolute Gasteiger partial charge is 0.352 e. The highest BCUT2D eigenvalue weighted by atomic mass is 127. The lowest BCUT2D eigenvalue weighted by atomic mass is 9.95. The summed E-state index contributed by atoms with van der Waals surface area (Å²) in [7, 11) is 0. The molecule has 1 N–H and O–H groups in total. The van der Waals surface area contributed by atoms with Crippen molar-refractivity contribution < 1.29 is 9.90 Å². The number of hydrogen-bond acceptors (Lipinski definition) is 1. The summed E-state index contributed by atoms with van der Waals surface area (Å²) in [4.78, 5) is 11.1. The standard InChI is InChI=1S/C12H18INO2/c1-4-9(5-2)8(3)14-7-10(13)6-11(14)12(15)16/h6-9H,4-5H2,1-3H3,(H,15,16). The third-order valence-electron chi connectivity index (χ3n) is 3.20. The zero-order valence-corrected chi connectivity index (χ0v) is 12.1. The minimum atomic E-state index is -0.847. The molecule has 3 nitrogen and oxygen atoms in total. The lowest BCUT2D eigenvalue weighted by molar-refractivity contribution is 0.0680. The van der Waals surface area contributed by atoms with E-state index in [1.807, 2.05) is 10.8 Å². The molecular weight excluding hydrogens is 317 g/mol. The maximum Gasteiger partial charge on any atom is 0.352 e. The quantitative estimate of drug-likeness (QED) is 0.832. The van der Waals surface area contributed by atoms with Crippen LogP contribution in [0, 0.1) is 9.49 Å². The number of carboxylic acids is 1. The maximum atomic E-state index is 11.1. The summed E-state index contributed by atoms with van der Waals surface area (Å²) < 4.78 is 2.87. The highest BCUT2D eigenvalue weighted by Crippen LogP contribution is 2.27. The molecule has 0 saturated carbocycles. The molecule has 1 heterocycles. The van der Waals surface area contributed by atoms with Crippen molar-refractivity contribution in [1.29, 1.82) is 0 Å². The SMILES string of the molecule is CCC(CC)C(C)n1cc(I)cc1C(=O)O. The number of nitrogens with zero attached hydrogens (tertiary/aromatic N) is 1. The van der Waals surface area contributed by atoms with E-state index in [1.54, 1.807) is 6.07 Å². The molecule has 4 heteroatoms. The second kappa shape index (κ2) is 5.70. The van der Waals surface area contributed by atoms with E-state index in [0.717, 1.165) is 16.4 Å². The first-order valence-electron chi connectivity index (χ1n) is 5.61. The largest absolute Gasteiger partial charge is 0.477 e. The Hall–Kier alpha value is -0.520. The highest BCUT2D eigenvalue weighted by molar-refractivity contribution is 14.1. The molecule has 90 valence electrons. The number of halogens is 1. The van der Waals surface area contributed by atoms with Crippen molar-refractivity contribution in [2.75, 3.05) is 0 Å². The number of aromatic nitrogens is 1. The van der Waals surface area contributed by atoms with Crippen LogP contribution >= 0.6 is 22.6 Å². The Labute approximate surface area is 110 Å². The maximum absolute atomic E-state index is 11.1. The van der Waals surface area contributed by atoms with Crippen molar-refractivity contribution in [2.45, 2.75) is 39.7 Å². The summed E-state index contributed by atoms with van der Waals surface area (Å²) in [6, 6.07) is 1.96. The Morgan fingerprint density at radius 1 is 1.50 bits per heavy atom. The van der Waals surface area contributed by atoms with Gasteiger partial charge in [0.25, 0.3) is 0 Å². The van der Waals surface area contributed by atoms with Crippen LogP contribution in [0.15, 0.2) is 12.3 Å². The van der Waals surface area contributed by atoms with Crippen LogP contribution in [0.2, 0.25) is 0 Å². The Bertz CT molecular complexity index is 369. The molecule has 0 amide bonds. The van der Waals surface area contributed by atoms with E-state index in [2.05, 4.69) is 43.4 Å². The Morgan fingerprint density at radius 3 is 2.50 bits per heavy atom. The summed E-state index contributed by atoms with van der Waals surface area (Å²) in [5, 5.41) is 9.13. The van der Waals surface area contributed by atoms with Gasteiger partial charge in [0.05, 0.1) is 0 Å². The predicted molar refractivity (Wildman–Crippen MR) is 72.9 cm³/mol. The molecule has 1 unspecified atom stereocenters. The summed E-state index contributed by atoms with van der Waals surface area (Å²) in [5.41, 5.74) is 0.392. The first-order chi connectivity index (χ1) is 7.51. The summed E-state index contributed by atoms with van der Waals surface area (Å²) in [5.74, 6) is -0.318. The van der Waals surface area contributed by atoms with Crippen LogP contribution < -0.4 is 0 Å². The number of carbonyl (C=O) groups is 1. The molecule has 0 bridgehead atoms. The zero-order valence-electron chi connectivity index (χ0n) is 9.90. The van der Waals surface area contributed by atoms with Gasteiger partial charge >= 0.3 is 5.97 Å². The molecule has 0 aliphatic carbocycles. The number of carboxylic acid groups (broad SMARTS) is 1. The van der Waals surface area contributed by atoms with Crippen LogP contribution in [-0.4, -0.2) is 15.6 Å². The van der Waals surface area contributed by atoms with Gasteiger partial charge in [0, 0.05) is 15.8 Å². The van der Waals surface area contributed by atoms with E-state index < -0.39 is 5.97 Å².